The normalized spacial score (nSPS) is 12.5. The van der Waals surface area contributed by atoms with Crippen molar-refractivity contribution in [2.45, 2.75) is 40.2 Å². The molecule has 28 heavy (non-hydrogen) atoms. The van der Waals surface area contributed by atoms with Crippen LogP contribution in [0.15, 0.2) is 41.8 Å². The van der Waals surface area contributed by atoms with Gasteiger partial charge in [-0.15, -0.1) is 24.0 Å². The van der Waals surface area contributed by atoms with E-state index in [1.54, 1.807) is 17.1 Å². The van der Waals surface area contributed by atoms with Crippen molar-refractivity contribution < 1.29 is 5.11 Å². The lowest BCUT2D eigenvalue weighted by Crippen LogP contribution is -2.40. The number of aliphatic hydroxyl groups is 1. The van der Waals surface area contributed by atoms with Crippen LogP contribution in [-0.4, -0.2) is 45.5 Å². The Morgan fingerprint density at radius 3 is 2.75 bits per heavy atom. The van der Waals surface area contributed by atoms with Crippen molar-refractivity contribution >= 4 is 29.9 Å². The SMILES string of the molecule is CCNC(=NCc1ccnc(-n2cccn2)c1)NCC(CCO)CC(C)C.I. The summed E-state index contributed by atoms with van der Waals surface area (Å²) in [6, 6.07) is 5.83. The lowest BCUT2D eigenvalue weighted by molar-refractivity contribution is 0.243. The predicted molar refractivity (Wildman–Crippen MR) is 124 cm³/mol. The number of rotatable bonds is 10. The molecule has 0 amide bonds. The van der Waals surface area contributed by atoms with E-state index >= 15 is 0 Å². The summed E-state index contributed by atoms with van der Waals surface area (Å²) in [7, 11) is 0. The standard InChI is InChI=1S/C20H32N6O.HI/c1-4-21-20(24-15-18(7-11-27)12-16(2)3)23-14-17-6-9-22-19(13-17)26-10-5-8-25-26;/h5-6,8-10,13,16,18,27H,4,7,11-12,14-15H2,1-3H3,(H2,21,23,24);1H. The molecule has 0 radical (unpaired) electrons. The maximum atomic E-state index is 9.29. The number of nitrogens with zero attached hydrogens (tertiary/aromatic N) is 4. The molecule has 2 aromatic heterocycles. The Morgan fingerprint density at radius 1 is 1.29 bits per heavy atom. The molecule has 0 spiro atoms. The molecule has 0 saturated heterocycles. The van der Waals surface area contributed by atoms with Crippen molar-refractivity contribution in [3.05, 3.63) is 42.4 Å². The number of aliphatic imine (C=N–C) groups is 1. The highest BCUT2D eigenvalue weighted by Crippen LogP contribution is 2.14. The van der Waals surface area contributed by atoms with Crippen molar-refractivity contribution in [2.24, 2.45) is 16.8 Å². The van der Waals surface area contributed by atoms with E-state index in [1.165, 1.54) is 0 Å². The van der Waals surface area contributed by atoms with E-state index in [4.69, 9.17) is 4.99 Å². The summed E-state index contributed by atoms with van der Waals surface area (Å²) >= 11 is 0. The van der Waals surface area contributed by atoms with E-state index in [0.29, 0.717) is 18.4 Å². The number of aliphatic hydroxyl groups excluding tert-OH is 1. The van der Waals surface area contributed by atoms with Crippen LogP contribution in [-0.2, 0) is 6.54 Å². The van der Waals surface area contributed by atoms with Crippen LogP contribution in [0.4, 0.5) is 0 Å². The molecule has 0 fully saturated rings. The summed E-state index contributed by atoms with van der Waals surface area (Å²) in [6.07, 6.45) is 7.28. The number of halogens is 1. The fourth-order valence-corrected chi connectivity index (χ4v) is 2.99. The van der Waals surface area contributed by atoms with Gasteiger partial charge in [-0.1, -0.05) is 13.8 Å². The summed E-state index contributed by atoms with van der Waals surface area (Å²) in [4.78, 5) is 9.04. The molecule has 1 unspecified atom stereocenters. The monoisotopic (exact) mass is 500 g/mol. The van der Waals surface area contributed by atoms with Gasteiger partial charge in [-0.2, -0.15) is 5.10 Å². The summed E-state index contributed by atoms with van der Waals surface area (Å²) < 4.78 is 1.74. The van der Waals surface area contributed by atoms with Crippen LogP contribution in [0, 0.1) is 11.8 Å². The summed E-state index contributed by atoms with van der Waals surface area (Å²) in [5, 5.41) is 20.2. The fraction of sp³-hybridized carbons (Fsp3) is 0.550. The molecule has 3 N–H and O–H groups in total. The Balaban J connectivity index is 0.00000392. The van der Waals surface area contributed by atoms with E-state index in [2.05, 4.69) is 41.5 Å². The Hall–Kier alpha value is -1.68. The molecule has 1 atom stereocenters. The first-order valence-corrected chi connectivity index (χ1v) is 9.70. The van der Waals surface area contributed by atoms with Gasteiger partial charge in [0.1, 0.15) is 0 Å². The second-order valence-electron chi connectivity index (χ2n) is 7.06. The van der Waals surface area contributed by atoms with Gasteiger partial charge in [0.05, 0.1) is 6.54 Å². The van der Waals surface area contributed by atoms with Gasteiger partial charge >= 0.3 is 0 Å². The molecule has 8 heteroatoms. The van der Waals surface area contributed by atoms with Gasteiger partial charge < -0.3 is 15.7 Å². The molecule has 0 aliphatic carbocycles. The number of nitrogens with one attached hydrogen (secondary N) is 2. The minimum absolute atomic E-state index is 0. The molecule has 0 bridgehead atoms. The molecule has 0 saturated carbocycles. The molecule has 0 aliphatic heterocycles. The number of guanidine groups is 1. The lowest BCUT2D eigenvalue weighted by atomic mass is 9.94. The van der Waals surface area contributed by atoms with Gasteiger partial charge in [-0.25, -0.2) is 14.7 Å². The highest BCUT2D eigenvalue weighted by Gasteiger charge is 2.11. The minimum atomic E-state index is 0. The van der Waals surface area contributed by atoms with Crippen molar-refractivity contribution in [2.75, 3.05) is 19.7 Å². The van der Waals surface area contributed by atoms with Gasteiger partial charge in [0.15, 0.2) is 11.8 Å². The quantitative estimate of drug-likeness (QED) is 0.265. The van der Waals surface area contributed by atoms with Gasteiger partial charge in [0.25, 0.3) is 0 Å². The van der Waals surface area contributed by atoms with Crippen LogP contribution in [0.3, 0.4) is 0 Å². The zero-order valence-electron chi connectivity index (χ0n) is 17.0. The third-order valence-corrected chi connectivity index (χ3v) is 4.21. The third kappa shape index (κ3) is 8.55. The van der Waals surface area contributed by atoms with Gasteiger partial charge in [0, 0.05) is 38.3 Å². The zero-order chi connectivity index (χ0) is 19.5. The number of aromatic nitrogens is 3. The molecule has 2 heterocycles. The van der Waals surface area contributed by atoms with Gasteiger partial charge in [-0.3, -0.25) is 0 Å². The summed E-state index contributed by atoms with van der Waals surface area (Å²) in [5.41, 5.74) is 1.07. The summed E-state index contributed by atoms with van der Waals surface area (Å²) in [5.74, 6) is 2.62. The van der Waals surface area contributed by atoms with Crippen molar-refractivity contribution in [1.82, 2.24) is 25.4 Å². The first-order valence-electron chi connectivity index (χ1n) is 9.70. The second kappa shape index (κ2) is 13.5. The van der Waals surface area contributed by atoms with E-state index in [9.17, 15) is 5.11 Å². The first-order chi connectivity index (χ1) is 13.1. The van der Waals surface area contributed by atoms with Crippen LogP contribution in [0.5, 0.6) is 0 Å². The third-order valence-electron chi connectivity index (χ3n) is 4.21. The van der Waals surface area contributed by atoms with Crippen molar-refractivity contribution in [3.8, 4) is 5.82 Å². The van der Waals surface area contributed by atoms with Crippen LogP contribution in [0.2, 0.25) is 0 Å². The molecular formula is C20H33IN6O. The Kier molecular flexibility index (Phi) is 11.7. The average molecular weight is 500 g/mol. The van der Waals surface area contributed by atoms with Gasteiger partial charge in [0.2, 0.25) is 0 Å². The van der Waals surface area contributed by atoms with Crippen LogP contribution >= 0.6 is 24.0 Å². The highest BCUT2D eigenvalue weighted by molar-refractivity contribution is 14.0. The average Bonchev–Trinajstić information content (AvgIpc) is 3.18. The Morgan fingerprint density at radius 2 is 2.11 bits per heavy atom. The van der Waals surface area contributed by atoms with Crippen LogP contribution < -0.4 is 10.6 Å². The lowest BCUT2D eigenvalue weighted by Gasteiger charge is -2.20. The zero-order valence-corrected chi connectivity index (χ0v) is 19.3. The van der Waals surface area contributed by atoms with Crippen molar-refractivity contribution in [1.29, 1.82) is 0 Å². The number of hydrogen-bond acceptors (Lipinski definition) is 4. The molecule has 7 nitrogen and oxygen atoms in total. The topological polar surface area (TPSA) is 87.4 Å². The predicted octanol–water partition coefficient (Wildman–Crippen LogP) is 2.99. The molecule has 0 aliphatic rings. The number of pyridine rings is 1. The molecule has 156 valence electrons. The Labute approximate surface area is 185 Å². The van der Waals surface area contributed by atoms with E-state index in [0.717, 1.165) is 43.3 Å². The van der Waals surface area contributed by atoms with Gasteiger partial charge in [-0.05, 0) is 55.4 Å². The highest BCUT2D eigenvalue weighted by atomic mass is 127. The number of hydrogen-bond donors (Lipinski definition) is 3. The Bertz CT molecular complexity index is 690. The van der Waals surface area contributed by atoms with E-state index in [1.807, 2.05) is 24.4 Å². The van der Waals surface area contributed by atoms with E-state index < -0.39 is 0 Å². The molecule has 2 rings (SSSR count). The first kappa shape index (κ1) is 24.4. The smallest absolute Gasteiger partial charge is 0.191 e. The minimum Gasteiger partial charge on any atom is -0.396 e. The second-order valence-corrected chi connectivity index (χ2v) is 7.06. The fourth-order valence-electron chi connectivity index (χ4n) is 2.99. The van der Waals surface area contributed by atoms with Crippen LogP contribution in [0.1, 0.15) is 39.2 Å². The molecular weight excluding hydrogens is 467 g/mol. The molecule has 0 aromatic carbocycles. The summed E-state index contributed by atoms with van der Waals surface area (Å²) in [6.45, 7) is 8.86. The molecule has 2 aromatic rings. The van der Waals surface area contributed by atoms with Crippen LogP contribution in [0.25, 0.3) is 5.82 Å². The maximum Gasteiger partial charge on any atom is 0.191 e. The van der Waals surface area contributed by atoms with E-state index in [-0.39, 0.29) is 30.6 Å². The maximum absolute atomic E-state index is 9.29. The largest absolute Gasteiger partial charge is 0.396 e. The van der Waals surface area contributed by atoms with Crippen molar-refractivity contribution in [3.63, 3.8) is 0 Å².